The van der Waals surface area contributed by atoms with Gasteiger partial charge in [0.05, 0.1) is 23.4 Å². The van der Waals surface area contributed by atoms with Crippen molar-refractivity contribution in [3.8, 4) is 0 Å². The molecular weight excluding hydrogens is 274 g/mol. The van der Waals surface area contributed by atoms with Crippen molar-refractivity contribution in [3.05, 3.63) is 23.3 Å². The number of halogens is 1. The van der Waals surface area contributed by atoms with Gasteiger partial charge in [-0.25, -0.2) is 0 Å². The summed E-state index contributed by atoms with van der Waals surface area (Å²) in [7, 11) is -0.317. The minimum atomic E-state index is -0.330. The first kappa shape index (κ1) is 14.6. The summed E-state index contributed by atoms with van der Waals surface area (Å²) in [6.07, 6.45) is 8.39. The summed E-state index contributed by atoms with van der Waals surface area (Å²) >= 11 is 6.34. The van der Waals surface area contributed by atoms with Crippen LogP contribution < -0.4 is 0 Å². The smallest absolute Gasteiger partial charge is 0.403 e. The molecule has 110 valence electrons. The third kappa shape index (κ3) is 2.59. The lowest BCUT2D eigenvalue weighted by Gasteiger charge is -2.32. The number of rotatable bonds is 3. The van der Waals surface area contributed by atoms with E-state index in [-0.39, 0.29) is 30.2 Å². The Kier molecular flexibility index (Phi) is 3.57. The fourth-order valence-electron chi connectivity index (χ4n) is 2.50. The Bertz CT molecular complexity index is 438. The van der Waals surface area contributed by atoms with E-state index < -0.39 is 0 Å². The minimum absolute atomic E-state index is 0.00847. The first-order valence-electron chi connectivity index (χ1n) is 7.35. The molecule has 0 aromatic carbocycles. The van der Waals surface area contributed by atoms with Crippen molar-refractivity contribution in [1.82, 2.24) is 0 Å². The molecule has 1 aliphatic heterocycles. The molecule has 2 atom stereocenters. The molecular formula is C15H22BClO3. The van der Waals surface area contributed by atoms with E-state index in [0.29, 0.717) is 6.10 Å². The molecule has 0 N–H and O–H groups in total. The summed E-state index contributed by atoms with van der Waals surface area (Å²) in [5.41, 5.74) is -0.660. The third-order valence-electron chi connectivity index (χ3n) is 4.66. The van der Waals surface area contributed by atoms with Gasteiger partial charge in [-0.1, -0.05) is 23.8 Å². The van der Waals surface area contributed by atoms with Crippen LogP contribution in [0.1, 0.15) is 40.5 Å². The molecule has 2 unspecified atom stereocenters. The maximum Gasteiger partial charge on any atom is 0.468 e. The molecule has 3 rings (SSSR count). The maximum atomic E-state index is 6.34. The molecule has 3 nitrogen and oxygen atoms in total. The molecule has 3 aliphatic rings. The molecule has 5 heteroatoms. The molecule has 20 heavy (non-hydrogen) atoms. The van der Waals surface area contributed by atoms with E-state index in [1.807, 2.05) is 12.2 Å². The Labute approximate surface area is 126 Å². The summed E-state index contributed by atoms with van der Waals surface area (Å²) < 4.78 is 18.4. The molecule has 0 spiro atoms. The van der Waals surface area contributed by atoms with Crippen molar-refractivity contribution in [3.63, 3.8) is 0 Å². The predicted octanol–water partition coefficient (Wildman–Crippen LogP) is 3.69. The van der Waals surface area contributed by atoms with Crippen LogP contribution in [0.3, 0.4) is 0 Å². The number of hydrogen-bond acceptors (Lipinski definition) is 3. The van der Waals surface area contributed by atoms with Crippen LogP contribution in [0.25, 0.3) is 0 Å². The summed E-state index contributed by atoms with van der Waals surface area (Å²) in [5.74, 6) is 0.00847. The Hall–Kier alpha value is -0.285. The minimum Gasteiger partial charge on any atom is -0.403 e. The van der Waals surface area contributed by atoms with Crippen molar-refractivity contribution in [2.75, 3.05) is 0 Å². The van der Waals surface area contributed by atoms with Gasteiger partial charge in [-0.05, 0) is 46.6 Å². The zero-order valence-corrected chi connectivity index (χ0v) is 13.3. The topological polar surface area (TPSA) is 27.7 Å². The van der Waals surface area contributed by atoms with Crippen molar-refractivity contribution in [2.24, 2.45) is 0 Å². The zero-order chi connectivity index (χ0) is 14.5. The molecule has 0 aromatic rings. The first-order chi connectivity index (χ1) is 9.30. The Morgan fingerprint density at radius 3 is 2.35 bits per heavy atom. The average Bonchev–Trinajstić information content (AvgIpc) is 3.10. The fraction of sp³-hybridized carbons (Fsp3) is 0.733. The van der Waals surface area contributed by atoms with Crippen LogP contribution in [-0.2, 0) is 14.0 Å². The van der Waals surface area contributed by atoms with Gasteiger partial charge in [0.25, 0.3) is 0 Å². The standard InChI is InChI=1S/C15H22BClO3/c1-14(2)15(3,4)20-16(19-14)11-6-5-7-12(17)13(11)18-10-8-9-10/h5-7,10-11,13H,8-9H2,1-4H3. The summed E-state index contributed by atoms with van der Waals surface area (Å²) in [6.45, 7) is 8.25. The number of ether oxygens (including phenoxy) is 1. The quantitative estimate of drug-likeness (QED) is 0.743. The molecule has 1 saturated heterocycles. The lowest BCUT2D eigenvalue weighted by Crippen LogP contribution is -2.41. The van der Waals surface area contributed by atoms with Crippen LogP contribution in [0.4, 0.5) is 0 Å². The van der Waals surface area contributed by atoms with Gasteiger partial charge in [0, 0.05) is 10.8 Å². The Morgan fingerprint density at radius 1 is 1.20 bits per heavy atom. The normalized spacial score (nSPS) is 35.2. The van der Waals surface area contributed by atoms with Crippen LogP contribution >= 0.6 is 11.6 Å². The van der Waals surface area contributed by atoms with E-state index in [2.05, 4.69) is 33.8 Å². The van der Waals surface area contributed by atoms with Gasteiger partial charge in [0.2, 0.25) is 0 Å². The average molecular weight is 297 g/mol. The van der Waals surface area contributed by atoms with Crippen LogP contribution in [-0.4, -0.2) is 30.5 Å². The van der Waals surface area contributed by atoms with Crippen molar-refractivity contribution in [1.29, 1.82) is 0 Å². The lowest BCUT2D eigenvalue weighted by molar-refractivity contribution is 0.00578. The first-order valence-corrected chi connectivity index (χ1v) is 7.73. The van der Waals surface area contributed by atoms with Gasteiger partial charge in [-0.15, -0.1) is 0 Å². The number of hydrogen-bond donors (Lipinski definition) is 0. The SMILES string of the molecule is CC1(C)OB(C2C=CC=C(Cl)C2OC2CC2)OC1(C)C. The molecule has 0 aromatic heterocycles. The van der Waals surface area contributed by atoms with Crippen molar-refractivity contribution >= 4 is 18.7 Å². The predicted molar refractivity (Wildman–Crippen MR) is 80.8 cm³/mol. The van der Waals surface area contributed by atoms with Crippen LogP contribution in [0, 0.1) is 0 Å². The van der Waals surface area contributed by atoms with Crippen LogP contribution in [0.5, 0.6) is 0 Å². The second-order valence-electron chi connectivity index (χ2n) is 6.89. The van der Waals surface area contributed by atoms with Crippen LogP contribution in [0.2, 0.25) is 5.82 Å². The van der Waals surface area contributed by atoms with E-state index in [0.717, 1.165) is 17.9 Å². The molecule has 0 radical (unpaired) electrons. The van der Waals surface area contributed by atoms with Crippen LogP contribution in [0.15, 0.2) is 23.3 Å². The Balaban J connectivity index is 1.78. The highest BCUT2D eigenvalue weighted by atomic mass is 35.5. The van der Waals surface area contributed by atoms with Gasteiger partial charge in [-0.2, -0.15) is 0 Å². The monoisotopic (exact) mass is 296 g/mol. The maximum absolute atomic E-state index is 6.34. The molecule has 2 aliphatic carbocycles. The van der Waals surface area contributed by atoms with Gasteiger partial charge in [0.1, 0.15) is 0 Å². The van der Waals surface area contributed by atoms with Crippen molar-refractivity contribution in [2.45, 2.75) is 69.8 Å². The van der Waals surface area contributed by atoms with E-state index in [9.17, 15) is 0 Å². The number of allylic oxidation sites excluding steroid dienone is 2. The van der Waals surface area contributed by atoms with Crippen molar-refractivity contribution < 1.29 is 14.0 Å². The van der Waals surface area contributed by atoms with Gasteiger partial charge in [0.15, 0.2) is 0 Å². The third-order valence-corrected chi connectivity index (χ3v) is 5.00. The van der Waals surface area contributed by atoms with E-state index in [1.165, 1.54) is 0 Å². The fourth-order valence-corrected chi connectivity index (χ4v) is 2.77. The van der Waals surface area contributed by atoms with E-state index >= 15 is 0 Å². The highest BCUT2D eigenvalue weighted by Gasteiger charge is 2.55. The molecule has 1 saturated carbocycles. The molecule has 1 heterocycles. The second-order valence-corrected chi connectivity index (χ2v) is 7.33. The highest BCUT2D eigenvalue weighted by molar-refractivity contribution is 6.49. The lowest BCUT2D eigenvalue weighted by atomic mass is 9.67. The van der Waals surface area contributed by atoms with Gasteiger partial charge >= 0.3 is 7.12 Å². The van der Waals surface area contributed by atoms with E-state index in [1.54, 1.807) is 0 Å². The van der Waals surface area contributed by atoms with E-state index in [4.69, 9.17) is 25.6 Å². The largest absolute Gasteiger partial charge is 0.468 e. The highest BCUT2D eigenvalue weighted by Crippen LogP contribution is 2.45. The summed E-state index contributed by atoms with van der Waals surface area (Å²) in [5, 5.41) is 0.735. The van der Waals surface area contributed by atoms with Gasteiger partial charge in [-0.3, -0.25) is 0 Å². The summed E-state index contributed by atoms with van der Waals surface area (Å²) in [4.78, 5) is 0. The molecule has 0 amide bonds. The second kappa shape index (κ2) is 4.87. The van der Waals surface area contributed by atoms with Gasteiger partial charge < -0.3 is 14.0 Å². The summed E-state index contributed by atoms with van der Waals surface area (Å²) in [6, 6.07) is 0. The Morgan fingerprint density at radius 2 is 1.80 bits per heavy atom. The molecule has 2 fully saturated rings. The molecule has 0 bridgehead atoms. The zero-order valence-electron chi connectivity index (χ0n) is 12.6.